The van der Waals surface area contributed by atoms with Crippen molar-refractivity contribution >= 4 is 18.1 Å². The van der Waals surface area contributed by atoms with Crippen LogP contribution < -0.4 is 5.32 Å². The van der Waals surface area contributed by atoms with Crippen LogP contribution in [0.4, 0.5) is 5.69 Å². The average Bonchev–Trinajstić information content (AvgIpc) is 2.92. The maximum Gasteiger partial charge on any atom is 0.0804 e. The first-order valence-electron chi connectivity index (χ1n) is 7.44. The van der Waals surface area contributed by atoms with E-state index in [1.165, 1.54) is 35.5 Å². The summed E-state index contributed by atoms with van der Waals surface area (Å²) in [5.41, 5.74) is 5.40. The molecule has 0 bridgehead atoms. The van der Waals surface area contributed by atoms with E-state index < -0.39 is 0 Å². The topological polar surface area (TPSA) is 20.2 Å². The van der Waals surface area contributed by atoms with Crippen LogP contribution in [-0.4, -0.2) is 29.6 Å². The summed E-state index contributed by atoms with van der Waals surface area (Å²) in [7, 11) is 2.22. The number of piperidine rings is 1. The Balaban J connectivity index is 0.00000132. The molecule has 2 aromatic rings. The number of fused-ring (bicyclic) bond motifs is 4. The minimum atomic E-state index is 0. The first-order valence-corrected chi connectivity index (χ1v) is 7.44. The lowest BCUT2D eigenvalue weighted by atomic mass is 9.82. The van der Waals surface area contributed by atoms with Crippen molar-refractivity contribution in [1.82, 2.24) is 9.47 Å². The van der Waals surface area contributed by atoms with E-state index in [4.69, 9.17) is 0 Å². The SMILES string of the molecule is Cc1ccc2c(c1)NC1(CCN(C)CC1)c1cccn1-2.Cl. The number of aryl methyl sites for hydroxylation is 1. The Morgan fingerprint density at radius 1 is 1.14 bits per heavy atom. The van der Waals surface area contributed by atoms with Crippen LogP contribution in [0.1, 0.15) is 24.1 Å². The van der Waals surface area contributed by atoms with Crippen LogP contribution in [0.15, 0.2) is 36.5 Å². The zero-order chi connectivity index (χ0) is 13.7. The third-order valence-electron chi connectivity index (χ3n) is 4.87. The highest BCUT2D eigenvalue weighted by atomic mass is 35.5. The smallest absolute Gasteiger partial charge is 0.0804 e. The highest BCUT2D eigenvalue weighted by molar-refractivity contribution is 5.85. The number of hydrogen-bond donors (Lipinski definition) is 1. The van der Waals surface area contributed by atoms with E-state index in [2.05, 4.69) is 65.3 Å². The van der Waals surface area contributed by atoms with Gasteiger partial charge in [0, 0.05) is 25.0 Å². The molecule has 2 aliphatic heterocycles. The molecule has 1 aromatic heterocycles. The van der Waals surface area contributed by atoms with Gasteiger partial charge in [0.25, 0.3) is 0 Å². The molecule has 1 fully saturated rings. The van der Waals surface area contributed by atoms with Crippen molar-refractivity contribution in [3.63, 3.8) is 0 Å². The normalized spacial score (nSPS) is 19.3. The molecule has 0 saturated carbocycles. The van der Waals surface area contributed by atoms with Crippen molar-refractivity contribution in [2.45, 2.75) is 25.3 Å². The molecule has 4 heteroatoms. The van der Waals surface area contributed by atoms with Gasteiger partial charge in [-0.2, -0.15) is 0 Å². The number of halogens is 1. The standard InChI is InChI=1S/C17H21N3.ClH/c1-13-5-6-15-14(12-13)18-17(7-10-19(2)11-8-17)16-4-3-9-20(15)16;/h3-6,9,12,18H,7-8,10-11H2,1-2H3;1H. The Hall–Kier alpha value is -1.45. The fraction of sp³-hybridized carbons (Fsp3) is 0.412. The van der Waals surface area contributed by atoms with Crippen molar-refractivity contribution in [3.05, 3.63) is 47.8 Å². The number of likely N-dealkylation sites (tertiary alicyclic amines) is 1. The Labute approximate surface area is 132 Å². The van der Waals surface area contributed by atoms with Gasteiger partial charge in [-0.1, -0.05) is 6.07 Å². The van der Waals surface area contributed by atoms with Crippen LogP contribution in [0.5, 0.6) is 0 Å². The molecule has 1 aromatic carbocycles. The number of nitrogens with one attached hydrogen (secondary N) is 1. The number of benzene rings is 1. The largest absolute Gasteiger partial charge is 0.372 e. The van der Waals surface area contributed by atoms with Crippen LogP contribution in [0, 0.1) is 6.92 Å². The molecule has 0 amide bonds. The second-order valence-electron chi connectivity index (χ2n) is 6.29. The molecular weight excluding hydrogens is 282 g/mol. The van der Waals surface area contributed by atoms with Gasteiger partial charge in [0.2, 0.25) is 0 Å². The van der Waals surface area contributed by atoms with Crippen LogP contribution in [-0.2, 0) is 5.54 Å². The fourth-order valence-electron chi connectivity index (χ4n) is 3.64. The van der Waals surface area contributed by atoms with E-state index in [9.17, 15) is 0 Å². The molecule has 0 unspecified atom stereocenters. The van der Waals surface area contributed by atoms with Gasteiger partial charge in [0.1, 0.15) is 0 Å². The molecular formula is C17H22ClN3. The van der Waals surface area contributed by atoms with E-state index in [0.29, 0.717) is 0 Å². The summed E-state index contributed by atoms with van der Waals surface area (Å²) in [5.74, 6) is 0. The first-order chi connectivity index (χ1) is 9.68. The molecule has 1 saturated heterocycles. The first kappa shape index (κ1) is 14.5. The average molecular weight is 304 g/mol. The van der Waals surface area contributed by atoms with Crippen LogP contribution in [0.25, 0.3) is 5.69 Å². The highest BCUT2D eigenvalue weighted by Gasteiger charge is 2.40. The van der Waals surface area contributed by atoms with Gasteiger partial charge in [0.05, 0.1) is 16.9 Å². The van der Waals surface area contributed by atoms with Gasteiger partial charge in [-0.25, -0.2) is 0 Å². The predicted octanol–water partition coefficient (Wildman–Crippen LogP) is 3.55. The summed E-state index contributed by atoms with van der Waals surface area (Å²) in [5, 5.41) is 3.87. The minimum absolute atomic E-state index is 0. The third-order valence-corrected chi connectivity index (χ3v) is 4.87. The van der Waals surface area contributed by atoms with E-state index in [1.807, 2.05) is 0 Å². The lowest BCUT2D eigenvalue weighted by Crippen LogP contribution is -2.48. The lowest BCUT2D eigenvalue weighted by Gasteiger charge is -2.45. The van der Waals surface area contributed by atoms with Crippen LogP contribution in [0.3, 0.4) is 0 Å². The monoisotopic (exact) mass is 303 g/mol. The molecule has 3 heterocycles. The molecule has 2 aliphatic rings. The van der Waals surface area contributed by atoms with Gasteiger partial charge >= 0.3 is 0 Å². The molecule has 4 rings (SSSR count). The van der Waals surface area contributed by atoms with Crippen molar-refractivity contribution in [2.24, 2.45) is 0 Å². The van der Waals surface area contributed by atoms with E-state index in [0.717, 1.165) is 13.1 Å². The maximum atomic E-state index is 3.87. The third kappa shape index (κ3) is 2.16. The highest BCUT2D eigenvalue weighted by Crippen LogP contribution is 2.43. The minimum Gasteiger partial charge on any atom is -0.372 e. The van der Waals surface area contributed by atoms with Gasteiger partial charge in [-0.05, 0) is 56.6 Å². The number of aromatic nitrogens is 1. The number of nitrogens with zero attached hydrogens (tertiary/aromatic N) is 2. The van der Waals surface area contributed by atoms with Crippen LogP contribution in [0.2, 0.25) is 0 Å². The summed E-state index contributed by atoms with van der Waals surface area (Å²) in [6.07, 6.45) is 4.53. The van der Waals surface area contributed by atoms with Crippen molar-refractivity contribution in [2.75, 3.05) is 25.5 Å². The molecule has 3 nitrogen and oxygen atoms in total. The molecule has 0 atom stereocenters. The predicted molar refractivity (Wildman–Crippen MR) is 89.8 cm³/mol. The summed E-state index contributed by atoms with van der Waals surface area (Å²) in [6, 6.07) is 11.1. The zero-order valence-corrected chi connectivity index (χ0v) is 13.4. The van der Waals surface area contributed by atoms with Crippen molar-refractivity contribution in [1.29, 1.82) is 0 Å². The second kappa shape index (κ2) is 5.08. The second-order valence-corrected chi connectivity index (χ2v) is 6.29. The maximum absolute atomic E-state index is 3.87. The molecule has 21 heavy (non-hydrogen) atoms. The van der Waals surface area contributed by atoms with E-state index >= 15 is 0 Å². The van der Waals surface area contributed by atoms with Crippen molar-refractivity contribution in [3.8, 4) is 5.69 Å². The van der Waals surface area contributed by atoms with Crippen molar-refractivity contribution < 1.29 is 0 Å². The lowest BCUT2D eigenvalue weighted by molar-refractivity contribution is 0.199. The van der Waals surface area contributed by atoms with E-state index in [1.54, 1.807) is 0 Å². The Kier molecular flexibility index (Phi) is 3.50. The van der Waals surface area contributed by atoms with E-state index in [-0.39, 0.29) is 17.9 Å². The Bertz CT molecular complexity index is 654. The number of anilines is 1. The number of rotatable bonds is 0. The van der Waals surface area contributed by atoms with Gasteiger partial charge in [0.15, 0.2) is 0 Å². The molecule has 0 radical (unpaired) electrons. The molecule has 1 spiro atoms. The Morgan fingerprint density at radius 3 is 2.67 bits per heavy atom. The number of hydrogen-bond acceptors (Lipinski definition) is 2. The summed E-state index contributed by atoms with van der Waals surface area (Å²) < 4.78 is 2.37. The molecule has 112 valence electrons. The summed E-state index contributed by atoms with van der Waals surface area (Å²) in [6.45, 7) is 4.47. The van der Waals surface area contributed by atoms with Gasteiger partial charge < -0.3 is 14.8 Å². The summed E-state index contributed by atoms with van der Waals surface area (Å²) >= 11 is 0. The van der Waals surface area contributed by atoms with Gasteiger partial charge in [-0.15, -0.1) is 12.4 Å². The quantitative estimate of drug-likeness (QED) is 0.803. The van der Waals surface area contributed by atoms with Gasteiger partial charge in [-0.3, -0.25) is 0 Å². The fourth-order valence-corrected chi connectivity index (χ4v) is 3.64. The van der Waals surface area contributed by atoms with Crippen LogP contribution >= 0.6 is 12.4 Å². The zero-order valence-electron chi connectivity index (χ0n) is 12.6. The molecule has 0 aliphatic carbocycles. The summed E-state index contributed by atoms with van der Waals surface area (Å²) in [4.78, 5) is 2.42. The molecule has 1 N–H and O–H groups in total. The Morgan fingerprint density at radius 2 is 1.90 bits per heavy atom.